The van der Waals surface area contributed by atoms with E-state index in [1.165, 1.54) is 0 Å². The third-order valence-corrected chi connectivity index (χ3v) is 2.31. The highest BCUT2D eigenvalue weighted by atomic mass is 16.6. The van der Waals surface area contributed by atoms with Crippen LogP contribution in [-0.2, 0) is 4.84 Å². The van der Waals surface area contributed by atoms with E-state index in [2.05, 4.69) is 16.3 Å². The standard InChI is InChI=1S/C10H13N3O/c1-7-6-10(13-14-7)8-2-4-9(12-11)5-3-8/h2-4,7H,5-6,11H2,1H3. The zero-order chi connectivity index (χ0) is 9.97. The summed E-state index contributed by atoms with van der Waals surface area (Å²) in [5.74, 6) is 5.18. The van der Waals surface area contributed by atoms with Gasteiger partial charge in [0, 0.05) is 12.8 Å². The summed E-state index contributed by atoms with van der Waals surface area (Å²) in [6.45, 7) is 2.01. The fraction of sp³-hybridized carbons (Fsp3) is 0.400. The molecule has 1 atom stereocenters. The van der Waals surface area contributed by atoms with Gasteiger partial charge in [0.25, 0.3) is 0 Å². The second-order valence-corrected chi connectivity index (χ2v) is 3.48. The second kappa shape index (κ2) is 3.65. The van der Waals surface area contributed by atoms with Crippen LogP contribution in [0.5, 0.6) is 0 Å². The van der Waals surface area contributed by atoms with Crippen molar-refractivity contribution in [3.05, 3.63) is 23.8 Å². The number of allylic oxidation sites excluding steroid dienone is 4. The van der Waals surface area contributed by atoms with Crippen molar-refractivity contribution < 1.29 is 4.84 Å². The average molecular weight is 191 g/mol. The third-order valence-electron chi connectivity index (χ3n) is 2.31. The van der Waals surface area contributed by atoms with Gasteiger partial charge in [-0.1, -0.05) is 17.3 Å². The first-order valence-corrected chi connectivity index (χ1v) is 4.67. The molecule has 0 amide bonds. The van der Waals surface area contributed by atoms with Gasteiger partial charge in [0.05, 0.1) is 11.4 Å². The Balaban J connectivity index is 2.09. The van der Waals surface area contributed by atoms with Gasteiger partial charge >= 0.3 is 0 Å². The summed E-state index contributed by atoms with van der Waals surface area (Å²) >= 11 is 0. The molecule has 14 heavy (non-hydrogen) atoms. The first kappa shape index (κ1) is 8.99. The Morgan fingerprint density at radius 2 is 2.43 bits per heavy atom. The molecule has 0 saturated heterocycles. The van der Waals surface area contributed by atoms with E-state index < -0.39 is 0 Å². The molecule has 0 fully saturated rings. The predicted molar refractivity (Wildman–Crippen MR) is 56.1 cm³/mol. The van der Waals surface area contributed by atoms with Gasteiger partial charge in [0.2, 0.25) is 0 Å². The lowest BCUT2D eigenvalue weighted by molar-refractivity contribution is 0.0995. The van der Waals surface area contributed by atoms with Crippen molar-refractivity contribution in [2.24, 2.45) is 16.1 Å². The molecule has 4 nitrogen and oxygen atoms in total. The van der Waals surface area contributed by atoms with Gasteiger partial charge in [-0.05, 0) is 18.6 Å². The first-order valence-electron chi connectivity index (χ1n) is 4.67. The quantitative estimate of drug-likeness (QED) is 0.502. The lowest BCUT2D eigenvalue weighted by atomic mass is 9.99. The number of hydrogen-bond donors (Lipinski definition) is 1. The molecule has 1 heterocycles. The molecule has 0 spiro atoms. The summed E-state index contributed by atoms with van der Waals surface area (Å²) in [7, 11) is 0. The molecule has 74 valence electrons. The molecule has 1 aliphatic carbocycles. The number of nitrogens with two attached hydrogens (primary N) is 1. The van der Waals surface area contributed by atoms with Crippen molar-refractivity contribution in [3.63, 3.8) is 0 Å². The molecule has 0 aromatic heterocycles. The number of nitrogens with zero attached hydrogens (tertiary/aromatic N) is 2. The molecular weight excluding hydrogens is 178 g/mol. The minimum Gasteiger partial charge on any atom is -0.392 e. The van der Waals surface area contributed by atoms with Crippen molar-refractivity contribution in [1.82, 2.24) is 0 Å². The first-order chi connectivity index (χ1) is 6.79. The van der Waals surface area contributed by atoms with Gasteiger partial charge < -0.3 is 10.7 Å². The van der Waals surface area contributed by atoms with Crippen LogP contribution in [-0.4, -0.2) is 17.5 Å². The Hall–Kier alpha value is -1.58. The van der Waals surface area contributed by atoms with Crippen LogP contribution >= 0.6 is 0 Å². The van der Waals surface area contributed by atoms with Crippen LogP contribution in [0.15, 0.2) is 34.1 Å². The van der Waals surface area contributed by atoms with Crippen LogP contribution in [0.2, 0.25) is 0 Å². The van der Waals surface area contributed by atoms with Crippen LogP contribution in [0.1, 0.15) is 19.8 Å². The fourth-order valence-electron chi connectivity index (χ4n) is 1.52. The van der Waals surface area contributed by atoms with Crippen LogP contribution in [0.4, 0.5) is 0 Å². The van der Waals surface area contributed by atoms with E-state index in [-0.39, 0.29) is 6.10 Å². The molecule has 0 bridgehead atoms. The number of hydrazone groups is 1. The summed E-state index contributed by atoms with van der Waals surface area (Å²) < 4.78 is 0. The maximum atomic E-state index is 5.18. The van der Waals surface area contributed by atoms with Crippen LogP contribution in [0, 0.1) is 0 Å². The van der Waals surface area contributed by atoms with Crippen molar-refractivity contribution in [2.45, 2.75) is 25.9 Å². The topological polar surface area (TPSA) is 60.0 Å². The summed E-state index contributed by atoms with van der Waals surface area (Å²) in [4.78, 5) is 5.13. The minimum atomic E-state index is 0.198. The van der Waals surface area contributed by atoms with E-state index in [1.807, 2.05) is 19.1 Å². The van der Waals surface area contributed by atoms with Crippen LogP contribution in [0.3, 0.4) is 0 Å². The maximum Gasteiger partial charge on any atom is 0.130 e. The Labute approximate surface area is 82.8 Å². The summed E-state index contributed by atoms with van der Waals surface area (Å²) in [5, 5.41) is 7.65. The van der Waals surface area contributed by atoms with Crippen molar-refractivity contribution in [3.8, 4) is 0 Å². The van der Waals surface area contributed by atoms with Crippen molar-refractivity contribution in [2.75, 3.05) is 0 Å². The van der Waals surface area contributed by atoms with Gasteiger partial charge in [0.1, 0.15) is 6.10 Å². The highest BCUT2D eigenvalue weighted by Crippen LogP contribution is 2.19. The average Bonchev–Trinajstić information content (AvgIpc) is 2.65. The smallest absolute Gasteiger partial charge is 0.130 e. The van der Waals surface area contributed by atoms with Crippen LogP contribution in [0.25, 0.3) is 0 Å². The molecule has 4 heteroatoms. The Morgan fingerprint density at radius 1 is 1.57 bits per heavy atom. The molecule has 0 saturated carbocycles. The van der Waals surface area contributed by atoms with E-state index >= 15 is 0 Å². The second-order valence-electron chi connectivity index (χ2n) is 3.48. The molecular formula is C10H13N3O. The summed E-state index contributed by atoms with van der Waals surface area (Å²) in [6.07, 6.45) is 7.83. The highest BCUT2D eigenvalue weighted by Gasteiger charge is 2.19. The number of rotatable bonds is 1. The molecule has 0 radical (unpaired) electrons. The minimum absolute atomic E-state index is 0.198. The van der Waals surface area contributed by atoms with Gasteiger partial charge in [-0.15, -0.1) is 0 Å². The van der Waals surface area contributed by atoms with E-state index in [0.717, 1.165) is 29.8 Å². The molecule has 2 aliphatic rings. The van der Waals surface area contributed by atoms with Gasteiger partial charge in [0.15, 0.2) is 0 Å². The third kappa shape index (κ3) is 1.69. The maximum absolute atomic E-state index is 5.18. The molecule has 0 aromatic carbocycles. The van der Waals surface area contributed by atoms with E-state index in [0.29, 0.717) is 0 Å². The summed E-state index contributed by atoms with van der Waals surface area (Å²) in [6, 6.07) is 0. The number of hydrogen-bond acceptors (Lipinski definition) is 4. The fourth-order valence-corrected chi connectivity index (χ4v) is 1.52. The molecule has 1 unspecified atom stereocenters. The largest absolute Gasteiger partial charge is 0.392 e. The molecule has 1 aliphatic heterocycles. The number of oxime groups is 1. The zero-order valence-electron chi connectivity index (χ0n) is 8.10. The zero-order valence-corrected chi connectivity index (χ0v) is 8.10. The van der Waals surface area contributed by atoms with E-state index in [9.17, 15) is 0 Å². The molecule has 2 rings (SSSR count). The van der Waals surface area contributed by atoms with Crippen molar-refractivity contribution >= 4 is 11.4 Å². The Morgan fingerprint density at radius 3 is 2.93 bits per heavy atom. The lowest BCUT2D eigenvalue weighted by Gasteiger charge is -2.06. The van der Waals surface area contributed by atoms with Gasteiger partial charge in [-0.2, -0.15) is 5.10 Å². The Bertz CT molecular complexity index is 352. The van der Waals surface area contributed by atoms with Crippen LogP contribution < -0.4 is 5.84 Å². The van der Waals surface area contributed by atoms with Gasteiger partial charge in [-0.3, -0.25) is 0 Å². The van der Waals surface area contributed by atoms with E-state index in [4.69, 9.17) is 10.7 Å². The van der Waals surface area contributed by atoms with Crippen molar-refractivity contribution in [1.29, 1.82) is 0 Å². The highest BCUT2D eigenvalue weighted by molar-refractivity contribution is 6.07. The predicted octanol–water partition coefficient (Wildman–Crippen LogP) is 1.35. The van der Waals surface area contributed by atoms with Gasteiger partial charge in [-0.25, -0.2) is 0 Å². The molecule has 2 N–H and O–H groups in total. The summed E-state index contributed by atoms with van der Waals surface area (Å²) in [5.41, 5.74) is 3.04. The lowest BCUT2D eigenvalue weighted by Crippen LogP contribution is -2.08. The van der Waals surface area contributed by atoms with E-state index in [1.54, 1.807) is 0 Å². The monoisotopic (exact) mass is 191 g/mol. The SMILES string of the molecule is CC1CC(C2=CCC(=NN)C=C2)=NO1. The molecule has 0 aromatic rings. The Kier molecular flexibility index (Phi) is 2.35. The normalized spacial score (nSPS) is 28.6.